The molecule has 1 saturated heterocycles. The molecule has 5 nitrogen and oxygen atoms in total. The van der Waals surface area contributed by atoms with Crippen LogP contribution < -0.4 is 0 Å². The van der Waals surface area contributed by atoms with Gasteiger partial charge in [-0.25, -0.2) is 0 Å². The van der Waals surface area contributed by atoms with Gasteiger partial charge < -0.3 is 9.80 Å². The Morgan fingerprint density at radius 3 is 2.64 bits per heavy atom. The highest BCUT2D eigenvalue weighted by atomic mass is 16.2. The summed E-state index contributed by atoms with van der Waals surface area (Å²) in [4.78, 5) is 16.9. The van der Waals surface area contributed by atoms with Crippen LogP contribution in [0.3, 0.4) is 0 Å². The zero-order chi connectivity index (χ0) is 16.3. The summed E-state index contributed by atoms with van der Waals surface area (Å²) in [5.41, 5.74) is 3.30. The molecule has 0 unspecified atom stereocenters. The molecule has 5 heteroatoms. The first-order chi connectivity index (χ1) is 10.4. The predicted molar refractivity (Wildman–Crippen MR) is 88.8 cm³/mol. The van der Waals surface area contributed by atoms with E-state index in [1.54, 1.807) is 0 Å². The van der Waals surface area contributed by atoms with Gasteiger partial charge in [-0.3, -0.25) is 9.89 Å². The minimum Gasteiger partial charge on any atom is -0.341 e. The van der Waals surface area contributed by atoms with Crippen LogP contribution in [-0.4, -0.2) is 59.1 Å². The molecule has 1 aliphatic heterocycles. The Kier molecular flexibility index (Phi) is 5.62. The summed E-state index contributed by atoms with van der Waals surface area (Å²) >= 11 is 0. The van der Waals surface area contributed by atoms with E-state index in [-0.39, 0.29) is 5.91 Å². The number of hydrogen-bond acceptors (Lipinski definition) is 3. The standard InChI is InChI=1S/C17H30N4O/c1-6-7-14-10-21(11-16(14)20(4)5)17(22)9-8-15-12(2)18-19-13(15)3/h14,16H,6-11H2,1-5H3,(H,18,19)/t14-,16-/m0/s1. The molecule has 0 bridgehead atoms. The number of H-pyrrole nitrogens is 1. The smallest absolute Gasteiger partial charge is 0.222 e. The van der Waals surface area contributed by atoms with Crippen molar-refractivity contribution in [1.82, 2.24) is 20.0 Å². The third kappa shape index (κ3) is 3.69. The fourth-order valence-corrected chi connectivity index (χ4v) is 3.63. The zero-order valence-electron chi connectivity index (χ0n) is 14.6. The summed E-state index contributed by atoms with van der Waals surface area (Å²) in [5.74, 6) is 0.895. The number of carbonyl (C=O) groups is 1. The quantitative estimate of drug-likeness (QED) is 0.876. The van der Waals surface area contributed by atoms with Gasteiger partial charge in [0.2, 0.25) is 5.91 Å². The predicted octanol–water partition coefficient (Wildman–Crippen LogP) is 2.15. The fraction of sp³-hybridized carbons (Fsp3) is 0.765. The summed E-state index contributed by atoms with van der Waals surface area (Å²) in [6, 6.07) is 0.501. The maximum Gasteiger partial charge on any atom is 0.222 e. The molecule has 0 aliphatic carbocycles. The first-order valence-corrected chi connectivity index (χ1v) is 8.38. The topological polar surface area (TPSA) is 52.2 Å². The molecule has 1 aromatic rings. The number of amides is 1. The van der Waals surface area contributed by atoms with Crippen LogP contribution in [-0.2, 0) is 11.2 Å². The highest BCUT2D eigenvalue weighted by molar-refractivity contribution is 5.77. The van der Waals surface area contributed by atoms with Crippen LogP contribution in [0.1, 0.15) is 43.1 Å². The SMILES string of the molecule is CCC[C@H]1CN(C(=O)CCc2c(C)n[nH]c2C)C[C@@H]1N(C)C. The molecule has 124 valence electrons. The second-order valence-electron chi connectivity index (χ2n) is 6.79. The molecule has 1 aromatic heterocycles. The fourth-order valence-electron chi connectivity index (χ4n) is 3.63. The molecule has 1 fully saturated rings. The first kappa shape index (κ1) is 17.0. The van der Waals surface area contributed by atoms with Gasteiger partial charge in [0.05, 0.1) is 5.69 Å². The van der Waals surface area contributed by atoms with Crippen LogP contribution in [0.15, 0.2) is 0 Å². The molecule has 1 aliphatic rings. The van der Waals surface area contributed by atoms with Crippen molar-refractivity contribution in [3.8, 4) is 0 Å². The number of hydrogen-bond donors (Lipinski definition) is 1. The number of likely N-dealkylation sites (tertiary alicyclic amines) is 1. The minimum absolute atomic E-state index is 0.283. The van der Waals surface area contributed by atoms with Gasteiger partial charge in [-0.05, 0) is 52.3 Å². The number of aryl methyl sites for hydroxylation is 2. The van der Waals surface area contributed by atoms with E-state index >= 15 is 0 Å². The van der Waals surface area contributed by atoms with E-state index in [0.717, 1.165) is 30.9 Å². The van der Waals surface area contributed by atoms with Crippen molar-refractivity contribution in [2.45, 2.75) is 52.5 Å². The monoisotopic (exact) mass is 306 g/mol. The van der Waals surface area contributed by atoms with Gasteiger partial charge in [-0.2, -0.15) is 5.10 Å². The second kappa shape index (κ2) is 7.27. The summed E-state index contributed by atoms with van der Waals surface area (Å²) in [6.07, 6.45) is 3.76. The highest BCUT2D eigenvalue weighted by Gasteiger charge is 2.35. The zero-order valence-corrected chi connectivity index (χ0v) is 14.6. The molecule has 0 saturated carbocycles. The van der Waals surface area contributed by atoms with Crippen molar-refractivity contribution in [1.29, 1.82) is 0 Å². The van der Waals surface area contributed by atoms with Crippen molar-refractivity contribution in [2.24, 2.45) is 5.92 Å². The van der Waals surface area contributed by atoms with Crippen LogP contribution in [0, 0.1) is 19.8 Å². The summed E-state index contributed by atoms with van der Waals surface area (Å²) < 4.78 is 0. The molecule has 2 rings (SSSR count). The van der Waals surface area contributed by atoms with E-state index in [2.05, 4.69) is 41.0 Å². The second-order valence-corrected chi connectivity index (χ2v) is 6.79. The van der Waals surface area contributed by atoms with Crippen molar-refractivity contribution >= 4 is 5.91 Å². The Bertz CT molecular complexity index is 489. The summed E-state index contributed by atoms with van der Waals surface area (Å²) in [7, 11) is 4.25. The van der Waals surface area contributed by atoms with Crippen molar-refractivity contribution in [3.05, 3.63) is 17.0 Å². The third-order valence-corrected chi connectivity index (χ3v) is 4.95. The largest absolute Gasteiger partial charge is 0.341 e. The number of nitrogens with one attached hydrogen (secondary N) is 1. The Morgan fingerprint density at radius 2 is 2.09 bits per heavy atom. The maximum atomic E-state index is 12.6. The van der Waals surface area contributed by atoms with Gasteiger partial charge in [-0.15, -0.1) is 0 Å². The van der Waals surface area contributed by atoms with Gasteiger partial charge in [0, 0.05) is 31.2 Å². The van der Waals surface area contributed by atoms with Gasteiger partial charge in [0.1, 0.15) is 0 Å². The summed E-state index contributed by atoms with van der Waals surface area (Å²) in [5, 5.41) is 7.20. The number of likely N-dealkylation sites (N-methyl/N-ethyl adjacent to an activating group) is 1. The number of rotatable bonds is 6. The van der Waals surface area contributed by atoms with Crippen LogP contribution in [0.4, 0.5) is 0 Å². The molecule has 1 N–H and O–H groups in total. The van der Waals surface area contributed by atoms with E-state index in [1.165, 1.54) is 18.4 Å². The minimum atomic E-state index is 0.283. The third-order valence-electron chi connectivity index (χ3n) is 4.95. The lowest BCUT2D eigenvalue weighted by Gasteiger charge is -2.24. The van der Waals surface area contributed by atoms with E-state index < -0.39 is 0 Å². The molecule has 22 heavy (non-hydrogen) atoms. The molecular weight excluding hydrogens is 276 g/mol. The van der Waals surface area contributed by atoms with Crippen molar-refractivity contribution in [3.63, 3.8) is 0 Å². The molecule has 2 atom stereocenters. The molecule has 1 amide bonds. The summed E-state index contributed by atoms with van der Waals surface area (Å²) in [6.45, 7) is 8.04. The number of nitrogens with zero attached hydrogens (tertiary/aromatic N) is 3. The lowest BCUT2D eigenvalue weighted by Crippen LogP contribution is -2.36. The average Bonchev–Trinajstić information content (AvgIpc) is 3.02. The average molecular weight is 306 g/mol. The molecule has 0 aromatic carbocycles. The number of aromatic amines is 1. The van der Waals surface area contributed by atoms with E-state index in [9.17, 15) is 4.79 Å². The highest BCUT2D eigenvalue weighted by Crippen LogP contribution is 2.25. The molecule has 0 spiro atoms. The number of carbonyl (C=O) groups excluding carboxylic acids is 1. The Morgan fingerprint density at radius 1 is 1.36 bits per heavy atom. The Labute approximate surface area is 134 Å². The number of aromatic nitrogens is 2. The van der Waals surface area contributed by atoms with E-state index in [4.69, 9.17) is 0 Å². The first-order valence-electron chi connectivity index (χ1n) is 8.38. The van der Waals surface area contributed by atoms with Crippen molar-refractivity contribution in [2.75, 3.05) is 27.2 Å². The Balaban J connectivity index is 1.93. The van der Waals surface area contributed by atoms with Gasteiger partial charge >= 0.3 is 0 Å². The van der Waals surface area contributed by atoms with Gasteiger partial charge in [0.15, 0.2) is 0 Å². The van der Waals surface area contributed by atoms with Crippen LogP contribution in [0.5, 0.6) is 0 Å². The maximum absolute atomic E-state index is 12.6. The normalized spacial score (nSPS) is 21.8. The molecule has 0 radical (unpaired) electrons. The molecule has 2 heterocycles. The van der Waals surface area contributed by atoms with Crippen LogP contribution >= 0.6 is 0 Å². The lowest BCUT2D eigenvalue weighted by molar-refractivity contribution is -0.130. The Hall–Kier alpha value is -1.36. The van der Waals surface area contributed by atoms with Gasteiger partial charge in [-0.1, -0.05) is 13.3 Å². The lowest BCUT2D eigenvalue weighted by atomic mass is 9.98. The van der Waals surface area contributed by atoms with Gasteiger partial charge in [0.25, 0.3) is 0 Å². The van der Waals surface area contributed by atoms with E-state index in [0.29, 0.717) is 18.4 Å². The van der Waals surface area contributed by atoms with Crippen LogP contribution in [0.2, 0.25) is 0 Å². The van der Waals surface area contributed by atoms with Crippen LogP contribution in [0.25, 0.3) is 0 Å². The van der Waals surface area contributed by atoms with E-state index in [1.807, 2.05) is 13.8 Å². The van der Waals surface area contributed by atoms with Crippen molar-refractivity contribution < 1.29 is 4.79 Å². The molecular formula is C17H30N4O.